The number of nitrogens with zero attached hydrogens (tertiary/aromatic N) is 3. The second-order valence-corrected chi connectivity index (χ2v) is 12.1. The molecule has 32 heavy (non-hydrogen) atoms. The summed E-state index contributed by atoms with van der Waals surface area (Å²) in [7, 11) is 4.25. The van der Waals surface area contributed by atoms with Crippen molar-refractivity contribution < 1.29 is 9.25 Å². The van der Waals surface area contributed by atoms with Gasteiger partial charge in [0.05, 0.1) is 12.6 Å². The molecule has 0 bridgehead atoms. The van der Waals surface area contributed by atoms with Gasteiger partial charge in [-0.15, -0.1) is 0 Å². The van der Waals surface area contributed by atoms with Gasteiger partial charge in [0.15, 0.2) is 13.2 Å². The van der Waals surface area contributed by atoms with Gasteiger partial charge in [-0.25, -0.2) is 4.57 Å². The van der Waals surface area contributed by atoms with Crippen molar-refractivity contribution in [1.82, 2.24) is 4.68 Å². The molecule has 3 heteroatoms. The van der Waals surface area contributed by atoms with E-state index in [0.717, 1.165) is 17.1 Å². The Labute approximate surface area is 196 Å². The lowest BCUT2D eigenvalue weighted by Gasteiger charge is -2.22. The molecule has 2 aromatic rings. The van der Waals surface area contributed by atoms with Crippen LogP contribution in [-0.4, -0.2) is 4.68 Å². The van der Waals surface area contributed by atoms with Crippen LogP contribution in [0.5, 0.6) is 0 Å². The molecular weight excluding hydrogens is 390 g/mol. The second-order valence-electron chi connectivity index (χ2n) is 12.1. The van der Waals surface area contributed by atoms with Crippen LogP contribution in [0.1, 0.15) is 86.1 Å². The highest BCUT2D eigenvalue weighted by Gasteiger charge is 2.30. The number of hydrogen-bond donors (Lipinski definition) is 0. The summed E-state index contributed by atoms with van der Waals surface area (Å²) >= 11 is 0. The van der Waals surface area contributed by atoms with E-state index in [1.54, 1.807) is 0 Å². The van der Waals surface area contributed by atoms with Gasteiger partial charge in [-0.3, -0.25) is 0 Å². The molecule has 2 aromatic heterocycles. The summed E-state index contributed by atoms with van der Waals surface area (Å²) in [6, 6.07) is 4.61. The average molecular weight is 436 g/mol. The smallest absolute Gasteiger partial charge is 0.225 e. The highest BCUT2D eigenvalue weighted by atomic mass is 15.4. The third-order valence-corrected chi connectivity index (χ3v) is 6.05. The Balaban J connectivity index is 2.79. The maximum atomic E-state index is 4.50. The summed E-state index contributed by atoms with van der Waals surface area (Å²) in [5.74, 6) is 1.13. The molecule has 0 saturated heterocycles. The van der Waals surface area contributed by atoms with E-state index in [2.05, 4.69) is 147 Å². The van der Waals surface area contributed by atoms with Crippen molar-refractivity contribution in [2.75, 3.05) is 0 Å². The van der Waals surface area contributed by atoms with Crippen LogP contribution in [0.2, 0.25) is 0 Å². The van der Waals surface area contributed by atoms with Crippen molar-refractivity contribution in [3.8, 4) is 5.82 Å². The van der Waals surface area contributed by atoms with E-state index in [-0.39, 0.29) is 16.2 Å². The first kappa shape index (κ1) is 25.8. The molecule has 0 aliphatic carbocycles. The van der Waals surface area contributed by atoms with Crippen molar-refractivity contribution in [3.05, 3.63) is 71.7 Å². The highest BCUT2D eigenvalue weighted by molar-refractivity contribution is 5.70. The van der Waals surface area contributed by atoms with Gasteiger partial charge in [0, 0.05) is 16.3 Å². The van der Waals surface area contributed by atoms with E-state index < -0.39 is 0 Å². The van der Waals surface area contributed by atoms with Crippen LogP contribution >= 0.6 is 0 Å². The molecule has 3 nitrogen and oxygen atoms in total. The molecule has 0 fully saturated rings. The number of allylic oxidation sites excluding steroid dienone is 5. The molecular formula is C29H45N3+2. The lowest BCUT2D eigenvalue weighted by Crippen LogP contribution is -2.46. The summed E-state index contributed by atoms with van der Waals surface area (Å²) in [5, 5.41) is 0. The summed E-state index contributed by atoms with van der Waals surface area (Å²) in [4.78, 5) is 0. The lowest BCUT2D eigenvalue weighted by molar-refractivity contribution is -0.765. The summed E-state index contributed by atoms with van der Waals surface area (Å²) in [6.45, 7) is 26.9. The standard InChI is InChI=1S/C29H45N3/c1-14-15-22(27(3,4)5)16-21(2)25-17-23(28(6,7)8)18-26(31(25)13)32-20-24(19-30(32)12)29(9,10)11/h14-20H,2H2,1,3-13H3/q+2. The molecule has 0 N–H and O–H groups in total. The van der Waals surface area contributed by atoms with Crippen LogP contribution in [0.25, 0.3) is 11.4 Å². The van der Waals surface area contributed by atoms with Gasteiger partial charge < -0.3 is 0 Å². The largest absolute Gasteiger partial charge is 0.342 e. The van der Waals surface area contributed by atoms with Crippen molar-refractivity contribution >= 4 is 5.57 Å². The fraction of sp³-hybridized carbons (Fsp3) is 0.517. The van der Waals surface area contributed by atoms with Gasteiger partial charge in [-0.05, 0) is 51.1 Å². The van der Waals surface area contributed by atoms with Crippen molar-refractivity contribution in [3.63, 3.8) is 0 Å². The average Bonchev–Trinajstić information content (AvgIpc) is 3.01. The Kier molecular flexibility index (Phi) is 7.14. The van der Waals surface area contributed by atoms with Crippen LogP contribution in [0.15, 0.2) is 54.9 Å². The van der Waals surface area contributed by atoms with Crippen LogP contribution in [-0.2, 0) is 24.9 Å². The molecule has 0 atom stereocenters. The first-order valence-electron chi connectivity index (χ1n) is 11.6. The van der Waals surface area contributed by atoms with Crippen LogP contribution in [0.4, 0.5) is 0 Å². The Hall–Kier alpha value is -2.42. The zero-order chi connectivity index (χ0) is 24.6. The maximum absolute atomic E-state index is 4.50. The summed E-state index contributed by atoms with van der Waals surface area (Å²) in [5.41, 5.74) is 6.19. The predicted octanol–water partition coefficient (Wildman–Crippen LogP) is 6.28. The fourth-order valence-corrected chi connectivity index (χ4v) is 3.70. The van der Waals surface area contributed by atoms with Crippen LogP contribution in [0, 0.1) is 5.41 Å². The summed E-state index contributed by atoms with van der Waals surface area (Å²) < 4.78 is 6.68. The van der Waals surface area contributed by atoms with E-state index in [1.807, 2.05) is 0 Å². The van der Waals surface area contributed by atoms with Gasteiger partial charge in [-0.2, -0.15) is 0 Å². The Morgan fingerprint density at radius 1 is 0.906 bits per heavy atom. The van der Waals surface area contributed by atoms with Crippen molar-refractivity contribution in [1.29, 1.82) is 0 Å². The molecule has 0 aliphatic heterocycles. The van der Waals surface area contributed by atoms with Gasteiger partial charge in [-0.1, -0.05) is 81.0 Å². The SMILES string of the molecule is C=C(C=C(C=CC)C(C)(C)C)c1cc(C(C)(C)C)cc(-n2cc(C(C)(C)C)c[n+]2C)[n+]1C. The number of rotatable bonds is 4. The topological polar surface area (TPSA) is 12.7 Å². The molecule has 0 amide bonds. The molecule has 0 saturated carbocycles. The minimum absolute atomic E-state index is 0.0243. The van der Waals surface area contributed by atoms with Gasteiger partial charge in [0.2, 0.25) is 6.20 Å². The molecule has 0 aliphatic rings. The third kappa shape index (κ3) is 5.68. The number of aryl methyl sites for hydroxylation is 1. The molecule has 0 unspecified atom stereocenters. The third-order valence-electron chi connectivity index (χ3n) is 6.05. The van der Waals surface area contributed by atoms with Crippen molar-refractivity contribution in [2.45, 2.75) is 80.1 Å². The van der Waals surface area contributed by atoms with E-state index in [4.69, 9.17) is 0 Å². The number of hydrogen-bond acceptors (Lipinski definition) is 0. The lowest BCUT2D eigenvalue weighted by atomic mass is 9.84. The first-order valence-corrected chi connectivity index (χ1v) is 11.6. The molecule has 174 valence electrons. The quantitative estimate of drug-likeness (QED) is 0.396. The van der Waals surface area contributed by atoms with Crippen LogP contribution in [0.3, 0.4) is 0 Å². The minimum atomic E-state index is 0.0243. The number of pyridine rings is 1. The Bertz CT molecular complexity index is 1060. The van der Waals surface area contributed by atoms with E-state index in [1.165, 1.54) is 16.7 Å². The summed E-state index contributed by atoms with van der Waals surface area (Å²) in [6.07, 6.45) is 11.0. The van der Waals surface area contributed by atoms with Gasteiger partial charge in [0.1, 0.15) is 5.69 Å². The Morgan fingerprint density at radius 2 is 1.47 bits per heavy atom. The molecule has 0 radical (unpaired) electrons. The van der Waals surface area contributed by atoms with Crippen molar-refractivity contribution in [2.24, 2.45) is 19.5 Å². The maximum Gasteiger partial charge on any atom is 0.342 e. The highest BCUT2D eigenvalue weighted by Crippen LogP contribution is 2.31. The first-order chi connectivity index (χ1) is 14.5. The minimum Gasteiger partial charge on any atom is -0.225 e. The molecule has 0 spiro atoms. The zero-order valence-electron chi connectivity index (χ0n) is 22.6. The van der Waals surface area contributed by atoms with Crippen LogP contribution < -0.4 is 9.25 Å². The number of aromatic nitrogens is 3. The van der Waals surface area contributed by atoms with Gasteiger partial charge >= 0.3 is 5.82 Å². The molecule has 0 aromatic carbocycles. The fourth-order valence-electron chi connectivity index (χ4n) is 3.70. The van der Waals surface area contributed by atoms with E-state index in [9.17, 15) is 0 Å². The molecule has 2 rings (SSSR count). The molecule has 2 heterocycles. The van der Waals surface area contributed by atoms with Gasteiger partial charge in [0.25, 0.3) is 0 Å². The second kappa shape index (κ2) is 8.84. The van der Waals surface area contributed by atoms with E-state index in [0.29, 0.717) is 0 Å². The van der Waals surface area contributed by atoms with E-state index >= 15 is 0 Å². The monoisotopic (exact) mass is 435 g/mol. The zero-order valence-corrected chi connectivity index (χ0v) is 22.6. The predicted molar refractivity (Wildman–Crippen MR) is 137 cm³/mol. The Morgan fingerprint density at radius 3 is 1.91 bits per heavy atom. The normalized spacial score (nSPS) is 13.8.